The quantitative estimate of drug-likeness (QED) is 0.293. The van der Waals surface area contributed by atoms with Crippen molar-refractivity contribution in [3.8, 4) is 0 Å². The monoisotopic (exact) mass is 580 g/mol. The number of rotatable bonds is 3. The zero-order valence-electron chi connectivity index (χ0n) is 27.8. The van der Waals surface area contributed by atoms with Crippen molar-refractivity contribution in [3.63, 3.8) is 0 Å². The van der Waals surface area contributed by atoms with Gasteiger partial charge in [0.2, 0.25) is 0 Å². The van der Waals surface area contributed by atoms with E-state index < -0.39 is 33.2 Å². The Morgan fingerprint density at radius 1 is 0.372 bits per heavy atom. The highest BCUT2D eigenvalue weighted by molar-refractivity contribution is 5.55. The van der Waals surface area contributed by atoms with Crippen LogP contribution in [0.1, 0.15) is 139 Å². The molecule has 3 aromatic carbocycles. The first-order valence-corrected chi connectivity index (χ1v) is 15.5. The molecule has 6 nitrogen and oxygen atoms in total. The van der Waals surface area contributed by atoms with Gasteiger partial charge < -0.3 is 0 Å². The predicted octanol–water partition coefficient (Wildman–Crippen LogP) is 8.26. The predicted molar refractivity (Wildman–Crippen MR) is 166 cm³/mol. The van der Waals surface area contributed by atoms with E-state index in [1.165, 1.54) is 15.2 Å². The first-order valence-electron chi connectivity index (χ1n) is 15.5. The molecule has 0 bridgehead atoms. The molecule has 0 aromatic heterocycles. The summed E-state index contributed by atoms with van der Waals surface area (Å²) < 4.78 is 0. The third kappa shape index (κ3) is 3.81. The number of benzene rings is 3. The molecule has 6 rings (SSSR count). The summed E-state index contributed by atoms with van der Waals surface area (Å²) in [5.74, 6) is -0.167. The second-order valence-electron chi connectivity index (χ2n) is 16.1. The molecular weight excluding hydrogens is 534 g/mol. The summed E-state index contributed by atoms with van der Waals surface area (Å²) in [4.78, 5) is 0. The summed E-state index contributed by atoms with van der Waals surface area (Å²) in [5, 5.41) is 44.0. The van der Waals surface area contributed by atoms with Crippen molar-refractivity contribution in [2.75, 3.05) is 0 Å². The molecule has 43 heavy (non-hydrogen) atoms. The third-order valence-electron chi connectivity index (χ3n) is 11.1. The molecule has 0 N–H and O–H groups in total. The van der Waals surface area contributed by atoms with E-state index in [0.717, 1.165) is 50.1 Å². The molecule has 0 aliphatic carbocycles. The van der Waals surface area contributed by atoms with Gasteiger partial charge >= 0.3 is 0 Å². The first-order chi connectivity index (χ1) is 19.6. The summed E-state index contributed by atoms with van der Waals surface area (Å²) in [5.41, 5.74) is 5.58. The number of hydroxylamine groups is 6. The maximum absolute atomic E-state index is 13.5. The minimum Gasteiger partial charge on any atom is -0.135 e. The highest BCUT2D eigenvalue weighted by Crippen LogP contribution is 2.53. The molecule has 0 fully saturated rings. The van der Waals surface area contributed by atoms with Gasteiger partial charge in [-0.25, -0.2) is 0 Å². The molecule has 227 valence electrons. The van der Waals surface area contributed by atoms with E-state index in [-0.39, 0.29) is 5.92 Å². The van der Waals surface area contributed by atoms with E-state index in [0.29, 0.717) is 0 Å². The van der Waals surface area contributed by atoms with Gasteiger partial charge in [-0.1, -0.05) is 54.6 Å². The normalized spacial score (nSPS) is 24.3. The van der Waals surface area contributed by atoms with E-state index in [1.54, 1.807) is 0 Å². The lowest BCUT2D eigenvalue weighted by Crippen LogP contribution is -2.41. The molecule has 3 aliphatic rings. The highest BCUT2D eigenvalue weighted by Gasteiger charge is 2.53. The lowest BCUT2D eigenvalue weighted by Gasteiger charge is -2.32. The summed E-state index contributed by atoms with van der Waals surface area (Å²) in [6.07, 6.45) is 0. The van der Waals surface area contributed by atoms with E-state index in [9.17, 15) is 15.6 Å². The van der Waals surface area contributed by atoms with Crippen molar-refractivity contribution in [1.82, 2.24) is 15.2 Å². The van der Waals surface area contributed by atoms with Gasteiger partial charge in [0.1, 0.15) is 0 Å². The molecule has 3 aromatic rings. The lowest BCUT2D eigenvalue weighted by atomic mass is 9.77. The van der Waals surface area contributed by atoms with Crippen molar-refractivity contribution in [1.29, 1.82) is 0 Å². The maximum Gasteiger partial charge on any atom is 0.0699 e. The Labute approximate surface area is 257 Å². The standard InChI is InChI=1S/C37H46N3O3/c1-32(2)25-16-13-22(19-28(25)35(7,8)38(32)41)31(23-14-17-26-29(20-23)36(9,10)39(42)33(26,3)4)24-15-18-27-30(21-24)37(11,12)40(43)34(27,5)6/h13-21,31H,1-12H3. The Hall–Kier alpha value is -2.58. The van der Waals surface area contributed by atoms with Crippen molar-refractivity contribution in [2.24, 2.45) is 0 Å². The summed E-state index contributed by atoms with van der Waals surface area (Å²) in [6.45, 7) is 23.9. The number of nitrogens with zero attached hydrogens (tertiary/aromatic N) is 3. The van der Waals surface area contributed by atoms with Crippen LogP contribution in [-0.4, -0.2) is 15.2 Å². The van der Waals surface area contributed by atoms with E-state index in [1.807, 2.05) is 83.1 Å². The SMILES string of the molecule is CC1(C)c2ccc(C(c3ccc4c(c3)C(C)(C)N([O])C4(C)C)c3ccc4c(c3)C(C)(C)N([O])C4(C)C)cc2C(C)(C)N1[O]. The van der Waals surface area contributed by atoms with E-state index >= 15 is 0 Å². The molecule has 0 amide bonds. The van der Waals surface area contributed by atoms with Crippen LogP contribution in [0.3, 0.4) is 0 Å². The zero-order valence-corrected chi connectivity index (χ0v) is 27.8. The van der Waals surface area contributed by atoms with Crippen LogP contribution < -0.4 is 0 Å². The Kier molecular flexibility index (Phi) is 6.21. The van der Waals surface area contributed by atoms with Crippen molar-refractivity contribution in [3.05, 3.63) is 105 Å². The molecule has 0 spiro atoms. The Bertz CT molecular complexity index is 1450. The van der Waals surface area contributed by atoms with Gasteiger partial charge in [-0.2, -0.15) is 0 Å². The van der Waals surface area contributed by atoms with Crippen LogP contribution in [0.2, 0.25) is 0 Å². The summed E-state index contributed by atoms with van der Waals surface area (Å²) in [6, 6.07) is 19.5. The second kappa shape index (κ2) is 8.78. The maximum atomic E-state index is 13.5. The van der Waals surface area contributed by atoms with Crippen LogP contribution in [0, 0.1) is 0 Å². The van der Waals surface area contributed by atoms with Gasteiger partial charge in [-0.15, -0.1) is 30.8 Å². The van der Waals surface area contributed by atoms with Gasteiger partial charge in [0, 0.05) is 5.92 Å². The minimum atomic E-state index is -0.681. The fourth-order valence-corrected chi connectivity index (χ4v) is 8.67. The highest BCUT2D eigenvalue weighted by atomic mass is 16.5. The molecule has 0 saturated carbocycles. The minimum absolute atomic E-state index is 0.167. The molecule has 3 heterocycles. The third-order valence-corrected chi connectivity index (χ3v) is 11.1. The average Bonchev–Trinajstić information content (AvgIpc) is 3.24. The van der Waals surface area contributed by atoms with Crippen LogP contribution in [0.15, 0.2) is 54.6 Å². The number of hydrogen-bond donors (Lipinski definition) is 0. The lowest BCUT2D eigenvalue weighted by molar-refractivity contribution is -0.266. The molecule has 3 aliphatic heterocycles. The van der Waals surface area contributed by atoms with Crippen LogP contribution in [0.4, 0.5) is 0 Å². The Balaban J connectivity index is 1.60. The van der Waals surface area contributed by atoms with Crippen LogP contribution in [-0.2, 0) is 48.9 Å². The Morgan fingerprint density at radius 3 is 0.814 bits per heavy atom. The fraction of sp³-hybridized carbons (Fsp3) is 0.514. The summed E-state index contributed by atoms with van der Waals surface area (Å²) in [7, 11) is 0. The second-order valence-corrected chi connectivity index (χ2v) is 16.1. The molecule has 6 heteroatoms. The van der Waals surface area contributed by atoms with Crippen molar-refractivity contribution >= 4 is 0 Å². The average molecular weight is 581 g/mol. The van der Waals surface area contributed by atoms with Gasteiger partial charge in [-0.3, -0.25) is 0 Å². The molecule has 0 atom stereocenters. The number of fused-ring (bicyclic) bond motifs is 3. The first kappa shape index (κ1) is 30.4. The van der Waals surface area contributed by atoms with Gasteiger partial charge in [0.05, 0.1) is 33.2 Å². The van der Waals surface area contributed by atoms with Crippen molar-refractivity contribution < 1.29 is 15.6 Å². The van der Waals surface area contributed by atoms with Crippen LogP contribution >= 0.6 is 0 Å². The smallest absolute Gasteiger partial charge is 0.0699 e. The topological polar surface area (TPSA) is 69.4 Å². The van der Waals surface area contributed by atoms with E-state index in [2.05, 4.69) is 54.6 Å². The zero-order chi connectivity index (χ0) is 31.9. The molecule has 0 unspecified atom stereocenters. The van der Waals surface area contributed by atoms with Crippen LogP contribution in [0.5, 0.6) is 0 Å². The molecular formula is C37H46N3O3. The van der Waals surface area contributed by atoms with Crippen LogP contribution in [0.25, 0.3) is 0 Å². The van der Waals surface area contributed by atoms with Gasteiger partial charge in [-0.05, 0) is 133 Å². The van der Waals surface area contributed by atoms with E-state index in [4.69, 9.17) is 0 Å². The fourth-order valence-electron chi connectivity index (χ4n) is 8.67. The van der Waals surface area contributed by atoms with Crippen molar-refractivity contribution in [2.45, 2.75) is 122 Å². The van der Waals surface area contributed by atoms with Gasteiger partial charge in [0.25, 0.3) is 0 Å². The number of hydrogen-bond acceptors (Lipinski definition) is 3. The van der Waals surface area contributed by atoms with Gasteiger partial charge in [0.15, 0.2) is 0 Å². The molecule has 3 radical (unpaired) electrons. The molecule has 0 saturated heterocycles. The largest absolute Gasteiger partial charge is 0.135 e. The summed E-state index contributed by atoms with van der Waals surface area (Å²) >= 11 is 0. The Morgan fingerprint density at radius 2 is 0.581 bits per heavy atom.